The summed E-state index contributed by atoms with van der Waals surface area (Å²) in [5.41, 5.74) is 1.41. The van der Waals surface area contributed by atoms with Crippen LogP contribution in [0.15, 0.2) is 36.9 Å². The maximum absolute atomic E-state index is 8.67. The van der Waals surface area contributed by atoms with Crippen LogP contribution >= 0.6 is 0 Å². The highest BCUT2D eigenvalue weighted by Gasteiger charge is 1.97. The van der Waals surface area contributed by atoms with E-state index in [1.807, 2.05) is 18.2 Å². The fourth-order valence-corrected chi connectivity index (χ4v) is 1.21. The Labute approximate surface area is 92.8 Å². The first-order chi connectivity index (χ1) is 7.88. The number of hydrogen-bond acceptors (Lipinski definition) is 5. The van der Waals surface area contributed by atoms with Gasteiger partial charge in [-0.15, -0.1) is 0 Å². The van der Waals surface area contributed by atoms with E-state index in [1.54, 1.807) is 18.5 Å². The highest BCUT2D eigenvalue weighted by molar-refractivity contribution is 5.39. The number of anilines is 1. The number of pyridine rings is 1. The maximum Gasteiger partial charge on any atom is 0.145 e. The van der Waals surface area contributed by atoms with E-state index in [-0.39, 0.29) is 0 Å². The average Bonchev–Trinajstić information content (AvgIpc) is 2.38. The molecule has 5 nitrogen and oxygen atoms in total. The van der Waals surface area contributed by atoms with Crippen molar-refractivity contribution in [3.8, 4) is 6.07 Å². The first-order valence-corrected chi connectivity index (χ1v) is 4.73. The summed E-state index contributed by atoms with van der Waals surface area (Å²) in [6.45, 7) is 0.621. The predicted octanol–water partition coefficient (Wildman–Crippen LogP) is 1.36. The van der Waals surface area contributed by atoms with Crippen LogP contribution in [0.2, 0.25) is 0 Å². The summed E-state index contributed by atoms with van der Waals surface area (Å²) < 4.78 is 0. The van der Waals surface area contributed by atoms with E-state index in [1.165, 1.54) is 6.33 Å². The Kier molecular flexibility index (Phi) is 3.04. The molecule has 0 radical (unpaired) electrons. The zero-order chi connectivity index (χ0) is 11.2. The average molecular weight is 211 g/mol. The zero-order valence-electron chi connectivity index (χ0n) is 8.46. The van der Waals surface area contributed by atoms with Gasteiger partial charge in [0.25, 0.3) is 0 Å². The predicted molar refractivity (Wildman–Crippen MR) is 58.3 cm³/mol. The van der Waals surface area contributed by atoms with E-state index in [2.05, 4.69) is 20.3 Å². The summed E-state index contributed by atoms with van der Waals surface area (Å²) in [6.07, 6.45) is 4.87. The second-order valence-electron chi connectivity index (χ2n) is 3.12. The number of rotatable bonds is 3. The fraction of sp³-hybridized carbons (Fsp3) is 0.0909. The quantitative estimate of drug-likeness (QED) is 0.829. The molecule has 0 saturated heterocycles. The van der Waals surface area contributed by atoms with Crippen molar-refractivity contribution in [2.45, 2.75) is 6.54 Å². The van der Waals surface area contributed by atoms with Crippen LogP contribution in [0.5, 0.6) is 0 Å². The molecule has 78 valence electrons. The van der Waals surface area contributed by atoms with Crippen LogP contribution in [0.3, 0.4) is 0 Å². The minimum Gasteiger partial charge on any atom is -0.366 e. The van der Waals surface area contributed by atoms with Crippen LogP contribution in [0, 0.1) is 11.3 Å². The fourth-order valence-electron chi connectivity index (χ4n) is 1.21. The van der Waals surface area contributed by atoms with Crippen LogP contribution in [-0.4, -0.2) is 15.0 Å². The van der Waals surface area contributed by atoms with Crippen molar-refractivity contribution < 1.29 is 0 Å². The van der Waals surface area contributed by atoms with Gasteiger partial charge < -0.3 is 5.32 Å². The molecule has 0 amide bonds. The molecule has 0 bridgehead atoms. The van der Waals surface area contributed by atoms with E-state index >= 15 is 0 Å². The number of hydrogen-bond donors (Lipinski definition) is 1. The third-order valence-electron chi connectivity index (χ3n) is 1.98. The van der Waals surface area contributed by atoms with Crippen LogP contribution in [-0.2, 0) is 6.54 Å². The molecule has 2 aromatic heterocycles. The van der Waals surface area contributed by atoms with Crippen molar-refractivity contribution in [3.63, 3.8) is 0 Å². The Morgan fingerprint density at radius 3 is 3.06 bits per heavy atom. The molecular weight excluding hydrogens is 202 g/mol. The Hall–Kier alpha value is -2.48. The van der Waals surface area contributed by atoms with Gasteiger partial charge in [-0.2, -0.15) is 5.26 Å². The summed E-state index contributed by atoms with van der Waals surface area (Å²) in [7, 11) is 0. The normalized spacial score (nSPS) is 9.44. The second-order valence-corrected chi connectivity index (χ2v) is 3.12. The van der Waals surface area contributed by atoms with Gasteiger partial charge in [0.1, 0.15) is 23.9 Å². The number of nitrogens with one attached hydrogen (secondary N) is 1. The largest absolute Gasteiger partial charge is 0.366 e. The topological polar surface area (TPSA) is 74.5 Å². The number of aromatic nitrogens is 3. The lowest BCUT2D eigenvalue weighted by Gasteiger charge is -2.04. The summed E-state index contributed by atoms with van der Waals surface area (Å²) in [4.78, 5) is 11.8. The molecule has 0 spiro atoms. The van der Waals surface area contributed by atoms with Gasteiger partial charge in [0.05, 0.1) is 0 Å². The SMILES string of the molecule is N#Cc1cc(NCc2cccnc2)ncn1. The molecule has 0 unspecified atom stereocenters. The highest BCUT2D eigenvalue weighted by atomic mass is 15.0. The van der Waals surface area contributed by atoms with Gasteiger partial charge in [0.15, 0.2) is 0 Å². The van der Waals surface area contributed by atoms with Gasteiger partial charge in [0.2, 0.25) is 0 Å². The van der Waals surface area contributed by atoms with Gasteiger partial charge >= 0.3 is 0 Å². The lowest BCUT2D eigenvalue weighted by Crippen LogP contribution is -2.02. The molecule has 0 aromatic carbocycles. The van der Waals surface area contributed by atoms with Crippen molar-refractivity contribution >= 4 is 5.82 Å². The molecular formula is C11H9N5. The lowest BCUT2D eigenvalue weighted by atomic mass is 10.3. The van der Waals surface area contributed by atoms with Crippen molar-refractivity contribution in [2.24, 2.45) is 0 Å². The second kappa shape index (κ2) is 4.84. The summed E-state index contributed by atoms with van der Waals surface area (Å²) in [5.74, 6) is 0.635. The van der Waals surface area contributed by atoms with Crippen molar-refractivity contribution in [2.75, 3.05) is 5.32 Å². The first kappa shape index (κ1) is 10.1. The molecule has 1 N–H and O–H groups in total. The Bertz CT molecular complexity index is 503. The molecule has 5 heteroatoms. The molecule has 16 heavy (non-hydrogen) atoms. The minimum atomic E-state index is 0.351. The Morgan fingerprint density at radius 2 is 2.31 bits per heavy atom. The molecule has 2 rings (SSSR count). The summed E-state index contributed by atoms with van der Waals surface area (Å²) in [6, 6.07) is 7.41. The maximum atomic E-state index is 8.67. The van der Waals surface area contributed by atoms with Crippen molar-refractivity contribution in [1.29, 1.82) is 5.26 Å². The number of nitriles is 1. The summed E-state index contributed by atoms with van der Waals surface area (Å²) in [5, 5.41) is 11.8. The van der Waals surface area contributed by atoms with E-state index in [0.717, 1.165) is 5.56 Å². The van der Waals surface area contributed by atoms with Gasteiger partial charge in [-0.05, 0) is 11.6 Å². The van der Waals surface area contributed by atoms with E-state index in [0.29, 0.717) is 18.1 Å². The van der Waals surface area contributed by atoms with Gasteiger partial charge in [-0.3, -0.25) is 4.98 Å². The monoisotopic (exact) mass is 211 g/mol. The van der Waals surface area contributed by atoms with Crippen LogP contribution in [0.25, 0.3) is 0 Å². The van der Waals surface area contributed by atoms with Crippen molar-refractivity contribution in [1.82, 2.24) is 15.0 Å². The van der Waals surface area contributed by atoms with E-state index < -0.39 is 0 Å². The van der Waals surface area contributed by atoms with Crippen molar-refractivity contribution in [3.05, 3.63) is 48.2 Å². The molecule has 0 atom stereocenters. The molecule has 0 fully saturated rings. The number of nitrogens with zero attached hydrogens (tertiary/aromatic N) is 4. The summed E-state index contributed by atoms with van der Waals surface area (Å²) >= 11 is 0. The van der Waals surface area contributed by atoms with Gasteiger partial charge in [-0.25, -0.2) is 9.97 Å². The smallest absolute Gasteiger partial charge is 0.145 e. The molecule has 0 aliphatic rings. The van der Waals surface area contributed by atoms with Crippen LogP contribution in [0.1, 0.15) is 11.3 Å². The Morgan fingerprint density at radius 1 is 1.38 bits per heavy atom. The van der Waals surface area contributed by atoms with Crippen LogP contribution < -0.4 is 5.32 Å². The zero-order valence-corrected chi connectivity index (χ0v) is 8.46. The molecule has 2 aromatic rings. The van der Waals surface area contributed by atoms with Gasteiger partial charge in [-0.1, -0.05) is 6.07 Å². The first-order valence-electron chi connectivity index (χ1n) is 4.73. The third-order valence-corrected chi connectivity index (χ3v) is 1.98. The Balaban J connectivity index is 2.03. The molecule has 2 heterocycles. The molecule has 0 aliphatic carbocycles. The molecule has 0 aliphatic heterocycles. The van der Waals surface area contributed by atoms with E-state index in [4.69, 9.17) is 5.26 Å². The van der Waals surface area contributed by atoms with E-state index in [9.17, 15) is 0 Å². The molecule has 0 saturated carbocycles. The minimum absolute atomic E-state index is 0.351. The standard InChI is InChI=1S/C11H9N5/c12-5-10-4-11(16-8-15-10)14-7-9-2-1-3-13-6-9/h1-4,6,8H,7H2,(H,14,15,16). The van der Waals surface area contributed by atoms with Gasteiger partial charge in [0, 0.05) is 25.0 Å². The highest BCUT2D eigenvalue weighted by Crippen LogP contribution is 2.05. The third kappa shape index (κ3) is 2.51. The van der Waals surface area contributed by atoms with Crippen LogP contribution in [0.4, 0.5) is 5.82 Å². The lowest BCUT2D eigenvalue weighted by molar-refractivity contribution is 1.06.